The number of tetrazole rings is 1. The van der Waals surface area contributed by atoms with Crippen molar-refractivity contribution in [3.8, 4) is 32.3 Å². The number of aromatic amines is 1. The van der Waals surface area contributed by atoms with E-state index in [0.29, 0.717) is 18.0 Å². The van der Waals surface area contributed by atoms with Crippen LogP contribution in [-0.4, -0.2) is 33.2 Å². The molecule has 3 aromatic carbocycles. The minimum Gasteiger partial charge on any atom is -0.462 e. The predicted molar refractivity (Wildman–Crippen MR) is 127 cm³/mol. The van der Waals surface area contributed by atoms with Gasteiger partial charge in [-0.25, -0.2) is 4.79 Å². The molecule has 1 N–H and O–H groups in total. The van der Waals surface area contributed by atoms with Crippen LogP contribution in [0.2, 0.25) is 0 Å². The minimum absolute atomic E-state index is 0.327. The fourth-order valence-electron chi connectivity index (χ4n) is 3.87. The van der Waals surface area contributed by atoms with Gasteiger partial charge in [-0.15, -0.1) is 21.5 Å². The van der Waals surface area contributed by atoms with E-state index in [0.717, 1.165) is 26.4 Å². The number of aryl methyl sites for hydroxylation is 1. The first-order chi connectivity index (χ1) is 15.7. The van der Waals surface area contributed by atoms with Crippen LogP contribution in [0.3, 0.4) is 0 Å². The normalized spacial score (nSPS) is 11.1. The molecule has 6 nitrogen and oxygen atoms in total. The number of rotatable bonds is 5. The van der Waals surface area contributed by atoms with Gasteiger partial charge in [-0.1, -0.05) is 48.5 Å². The molecule has 0 saturated heterocycles. The quantitative estimate of drug-likeness (QED) is 0.344. The summed E-state index contributed by atoms with van der Waals surface area (Å²) in [4.78, 5) is 14.3. The molecule has 2 heterocycles. The lowest BCUT2D eigenvalue weighted by molar-refractivity contribution is 0.0526. The van der Waals surface area contributed by atoms with E-state index in [1.807, 2.05) is 18.2 Å². The largest absolute Gasteiger partial charge is 0.462 e. The van der Waals surface area contributed by atoms with Crippen LogP contribution in [0.5, 0.6) is 0 Å². The predicted octanol–water partition coefficient (Wildman–Crippen LogP) is 5.90. The van der Waals surface area contributed by atoms with Crippen LogP contribution in [0.15, 0.2) is 66.7 Å². The number of esters is 1. The Kier molecular flexibility index (Phi) is 5.25. The van der Waals surface area contributed by atoms with E-state index in [9.17, 15) is 4.79 Å². The third kappa shape index (κ3) is 3.56. The second-order valence-corrected chi connectivity index (χ2v) is 8.42. The number of nitrogens with zero attached hydrogens (tertiary/aromatic N) is 3. The Hall–Kier alpha value is -3.84. The third-order valence-electron chi connectivity index (χ3n) is 5.37. The first-order valence-corrected chi connectivity index (χ1v) is 11.1. The second kappa shape index (κ2) is 8.36. The van der Waals surface area contributed by atoms with Crippen molar-refractivity contribution in [2.75, 3.05) is 6.61 Å². The maximum atomic E-state index is 12.3. The molecule has 5 aromatic rings. The zero-order valence-electron chi connectivity index (χ0n) is 17.6. The van der Waals surface area contributed by atoms with Gasteiger partial charge in [-0.3, -0.25) is 0 Å². The van der Waals surface area contributed by atoms with Crippen molar-refractivity contribution in [2.24, 2.45) is 0 Å². The highest BCUT2D eigenvalue weighted by molar-refractivity contribution is 7.19. The summed E-state index contributed by atoms with van der Waals surface area (Å²) in [6.07, 6.45) is 0. The van der Waals surface area contributed by atoms with E-state index in [-0.39, 0.29) is 5.97 Å². The van der Waals surface area contributed by atoms with Crippen LogP contribution in [0, 0.1) is 6.92 Å². The van der Waals surface area contributed by atoms with Crippen molar-refractivity contribution in [2.45, 2.75) is 13.8 Å². The number of fused-ring (bicyclic) bond motifs is 1. The van der Waals surface area contributed by atoms with Crippen LogP contribution in [0.25, 0.3) is 43.0 Å². The molecule has 0 aliphatic rings. The SMILES string of the molecule is CCOC(=O)c1cccc(-c2sc(-c3nn[nH]n3)cc2-c2ccc(C)c3ccccc23)c1. The van der Waals surface area contributed by atoms with E-state index < -0.39 is 0 Å². The smallest absolute Gasteiger partial charge is 0.338 e. The van der Waals surface area contributed by atoms with Crippen molar-refractivity contribution in [3.63, 3.8) is 0 Å². The second-order valence-electron chi connectivity index (χ2n) is 7.37. The molecule has 0 aliphatic carbocycles. The van der Waals surface area contributed by atoms with E-state index in [2.05, 4.69) is 70.0 Å². The Balaban J connectivity index is 1.74. The van der Waals surface area contributed by atoms with Crippen LogP contribution >= 0.6 is 11.3 Å². The van der Waals surface area contributed by atoms with Crippen molar-refractivity contribution < 1.29 is 9.53 Å². The summed E-state index contributed by atoms with van der Waals surface area (Å²) in [7, 11) is 0. The summed E-state index contributed by atoms with van der Waals surface area (Å²) < 4.78 is 5.20. The molecule has 0 saturated carbocycles. The molecule has 5 rings (SSSR count). The molecule has 0 amide bonds. The van der Waals surface area contributed by atoms with Crippen molar-refractivity contribution >= 4 is 28.1 Å². The molecule has 0 unspecified atom stereocenters. The van der Waals surface area contributed by atoms with Gasteiger partial charge < -0.3 is 4.74 Å². The molecule has 2 aromatic heterocycles. The van der Waals surface area contributed by atoms with Crippen LogP contribution < -0.4 is 0 Å². The number of H-pyrrole nitrogens is 1. The number of aromatic nitrogens is 4. The summed E-state index contributed by atoms with van der Waals surface area (Å²) in [5.74, 6) is 0.215. The Bertz CT molecular complexity index is 1420. The van der Waals surface area contributed by atoms with Crippen LogP contribution in [0.4, 0.5) is 0 Å². The van der Waals surface area contributed by atoms with Crippen molar-refractivity contribution in [1.29, 1.82) is 0 Å². The Morgan fingerprint density at radius 2 is 1.84 bits per heavy atom. The fraction of sp³-hybridized carbons (Fsp3) is 0.120. The highest BCUT2D eigenvalue weighted by Gasteiger charge is 2.19. The molecule has 158 valence electrons. The number of ether oxygens (including phenoxy) is 1. The summed E-state index contributed by atoms with van der Waals surface area (Å²) in [6.45, 7) is 4.26. The third-order valence-corrected chi connectivity index (χ3v) is 6.55. The van der Waals surface area contributed by atoms with E-state index in [1.54, 1.807) is 24.3 Å². The van der Waals surface area contributed by atoms with E-state index >= 15 is 0 Å². The first kappa shape index (κ1) is 20.1. The summed E-state index contributed by atoms with van der Waals surface area (Å²) in [6, 6.07) is 22.3. The summed E-state index contributed by atoms with van der Waals surface area (Å²) >= 11 is 1.57. The summed E-state index contributed by atoms with van der Waals surface area (Å²) in [5, 5.41) is 17.0. The lowest BCUT2D eigenvalue weighted by Crippen LogP contribution is -2.04. The number of benzene rings is 3. The number of carbonyl (C=O) groups is 1. The molecule has 0 bridgehead atoms. The monoisotopic (exact) mass is 440 g/mol. The van der Waals surface area contributed by atoms with Gasteiger partial charge in [0.15, 0.2) is 0 Å². The lowest BCUT2D eigenvalue weighted by Gasteiger charge is -2.11. The van der Waals surface area contributed by atoms with Gasteiger partial charge in [0, 0.05) is 10.4 Å². The molecule has 0 atom stereocenters. The van der Waals surface area contributed by atoms with Gasteiger partial charge >= 0.3 is 5.97 Å². The first-order valence-electron chi connectivity index (χ1n) is 10.3. The molecular weight excluding hydrogens is 420 g/mol. The number of hydrogen-bond donors (Lipinski definition) is 1. The zero-order chi connectivity index (χ0) is 22.1. The van der Waals surface area contributed by atoms with Gasteiger partial charge in [0.05, 0.1) is 17.0 Å². The minimum atomic E-state index is -0.327. The van der Waals surface area contributed by atoms with Crippen LogP contribution in [-0.2, 0) is 4.74 Å². The Morgan fingerprint density at radius 3 is 2.62 bits per heavy atom. The van der Waals surface area contributed by atoms with Gasteiger partial charge in [-0.2, -0.15) is 5.21 Å². The maximum Gasteiger partial charge on any atom is 0.338 e. The molecule has 0 aliphatic heterocycles. The van der Waals surface area contributed by atoms with Gasteiger partial charge in [-0.05, 0) is 64.7 Å². The summed E-state index contributed by atoms with van der Waals surface area (Å²) in [5.41, 5.74) is 4.87. The molecular formula is C25H20N4O2S. The number of nitrogens with one attached hydrogen (secondary N) is 1. The fourth-order valence-corrected chi connectivity index (χ4v) is 4.97. The molecule has 0 radical (unpaired) electrons. The Morgan fingerprint density at radius 1 is 1.00 bits per heavy atom. The molecule has 7 heteroatoms. The standard InChI is InChI=1S/C25H20N4O2S/c1-3-31-25(30)17-8-6-7-16(13-17)23-21(14-22(32-23)24-26-28-29-27-24)20-12-11-15(2)18-9-4-5-10-19(18)20/h4-14H,3H2,1-2H3,(H,26,27,28,29). The highest BCUT2D eigenvalue weighted by Crippen LogP contribution is 2.44. The van der Waals surface area contributed by atoms with E-state index in [1.165, 1.54) is 16.3 Å². The maximum absolute atomic E-state index is 12.3. The Labute approximate surface area is 188 Å². The number of carbonyl (C=O) groups excluding carboxylic acids is 1. The molecule has 0 fully saturated rings. The van der Waals surface area contributed by atoms with Gasteiger partial charge in [0.2, 0.25) is 5.82 Å². The number of thiophene rings is 1. The van der Waals surface area contributed by atoms with Gasteiger partial charge in [0.1, 0.15) is 0 Å². The average molecular weight is 441 g/mol. The van der Waals surface area contributed by atoms with Crippen molar-refractivity contribution in [3.05, 3.63) is 77.9 Å². The molecule has 32 heavy (non-hydrogen) atoms. The zero-order valence-corrected chi connectivity index (χ0v) is 18.4. The van der Waals surface area contributed by atoms with Crippen molar-refractivity contribution in [1.82, 2.24) is 20.6 Å². The molecule has 0 spiro atoms. The van der Waals surface area contributed by atoms with E-state index in [4.69, 9.17) is 4.74 Å². The lowest BCUT2D eigenvalue weighted by atomic mass is 9.94. The van der Waals surface area contributed by atoms with Gasteiger partial charge in [0.25, 0.3) is 0 Å². The average Bonchev–Trinajstić information content (AvgIpc) is 3.50. The number of hydrogen-bond acceptors (Lipinski definition) is 6. The topological polar surface area (TPSA) is 80.8 Å². The highest BCUT2D eigenvalue weighted by atomic mass is 32.1. The van der Waals surface area contributed by atoms with Crippen LogP contribution in [0.1, 0.15) is 22.8 Å².